The fraction of sp³-hybridized carbons (Fsp3) is 0.133. The highest BCUT2D eigenvalue weighted by atomic mass is 19.1. The van der Waals surface area contributed by atoms with Gasteiger partial charge in [0.15, 0.2) is 0 Å². The maximum Gasteiger partial charge on any atom is 0.248 e. The van der Waals surface area contributed by atoms with E-state index in [1.54, 1.807) is 36.5 Å². The van der Waals surface area contributed by atoms with Gasteiger partial charge in [-0.15, -0.1) is 0 Å². The Morgan fingerprint density at radius 3 is 2.74 bits per heavy atom. The third kappa shape index (κ3) is 3.20. The number of aromatic nitrogens is 3. The molecule has 23 heavy (non-hydrogen) atoms. The molecule has 0 atom stereocenters. The number of halogens is 1. The molecule has 1 aromatic carbocycles. The molecule has 5 N–H and O–H groups in total. The molecule has 7 nitrogen and oxygen atoms in total. The largest absolute Gasteiger partial charge is 0.367 e. The Hall–Kier alpha value is -3.16. The standard InChI is InChI=1S/C15H15FN6O/c16-6-8-19-14-11-5-7-18-13(11)21-15(22-14)20-10-3-1-9(2-4-10)12(17)23/h1-5,7H,6,8H2,(H2,17,23)(H3,18,19,20,21,22). The Kier molecular flexibility index (Phi) is 4.05. The van der Waals surface area contributed by atoms with Crippen molar-refractivity contribution in [2.75, 3.05) is 23.9 Å². The third-order valence-corrected chi connectivity index (χ3v) is 3.23. The molecule has 0 fully saturated rings. The number of hydrogen-bond donors (Lipinski definition) is 4. The molecule has 0 bridgehead atoms. The second-order valence-electron chi connectivity index (χ2n) is 4.82. The van der Waals surface area contributed by atoms with E-state index in [2.05, 4.69) is 25.6 Å². The maximum absolute atomic E-state index is 12.4. The molecule has 0 aliphatic carbocycles. The third-order valence-electron chi connectivity index (χ3n) is 3.23. The Bertz CT molecular complexity index is 785. The second-order valence-corrected chi connectivity index (χ2v) is 4.82. The van der Waals surface area contributed by atoms with Crippen molar-refractivity contribution >= 4 is 23.4 Å². The van der Waals surface area contributed by atoms with Crippen LogP contribution >= 0.6 is 0 Å². The molecule has 0 spiro atoms. The summed E-state index contributed by atoms with van der Waals surface area (Å²) >= 11 is 0. The molecular weight excluding hydrogens is 299 g/mol. The lowest BCUT2D eigenvalue weighted by atomic mass is 10.2. The summed E-state index contributed by atoms with van der Waals surface area (Å²) in [5, 5.41) is 6.00. The van der Waals surface area contributed by atoms with Crippen LogP contribution in [-0.2, 0) is 0 Å². The first-order valence-corrected chi connectivity index (χ1v) is 6.99. The van der Waals surface area contributed by atoms with E-state index in [4.69, 9.17) is 5.73 Å². The van der Waals surface area contributed by atoms with Gasteiger partial charge < -0.3 is 21.4 Å². The van der Waals surface area contributed by atoms with E-state index in [1.807, 2.05) is 0 Å². The van der Waals surface area contributed by atoms with Gasteiger partial charge in [0, 0.05) is 24.0 Å². The van der Waals surface area contributed by atoms with Gasteiger partial charge in [-0.3, -0.25) is 4.79 Å². The first-order valence-electron chi connectivity index (χ1n) is 6.99. The van der Waals surface area contributed by atoms with E-state index in [0.29, 0.717) is 23.2 Å². The second kappa shape index (κ2) is 6.30. The first-order chi connectivity index (χ1) is 11.2. The van der Waals surface area contributed by atoms with Crippen molar-refractivity contribution in [1.82, 2.24) is 15.0 Å². The van der Waals surface area contributed by atoms with Gasteiger partial charge in [-0.2, -0.15) is 4.98 Å². The zero-order valence-corrected chi connectivity index (χ0v) is 12.1. The number of aromatic amines is 1. The van der Waals surface area contributed by atoms with Gasteiger partial charge in [0.25, 0.3) is 0 Å². The molecule has 0 unspecified atom stereocenters. The Morgan fingerprint density at radius 2 is 2.04 bits per heavy atom. The van der Waals surface area contributed by atoms with Crippen molar-refractivity contribution in [1.29, 1.82) is 0 Å². The van der Waals surface area contributed by atoms with Crippen molar-refractivity contribution < 1.29 is 9.18 Å². The number of alkyl halides is 1. The van der Waals surface area contributed by atoms with Crippen LogP contribution in [0.3, 0.4) is 0 Å². The Labute approximate surface area is 131 Å². The van der Waals surface area contributed by atoms with Gasteiger partial charge in [0.2, 0.25) is 11.9 Å². The summed E-state index contributed by atoms with van der Waals surface area (Å²) in [6, 6.07) is 8.46. The molecule has 1 aromatic rings. The summed E-state index contributed by atoms with van der Waals surface area (Å²) in [7, 11) is 0. The molecule has 8 heteroatoms. The molecule has 118 valence electrons. The van der Waals surface area contributed by atoms with Crippen molar-refractivity contribution in [3.63, 3.8) is 0 Å². The number of primary amides is 1. The number of carbonyl (C=O) groups excluding carboxylic acids is 1. The van der Waals surface area contributed by atoms with Crippen LogP contribution in [0.2, 0.25) is 0 Å². The zero-order chi connectivity index (χ0) is 16.2. The van der Waals surface area contributed by atoms with E-state index >= 15 is 0 Å². The van der Waals surface area contributed by atoms with Gasteiger partial charge in [-0.1, -0.05) is 0 Å². The Balaban J connectivity index is 1.87. The lowest BCUT2D eigenvalue weighted by Crippen LogP contribution is -2.11. The van der Waals surface area contributed by atoms with Crippen LogP contribution in [0.4, 0.5) is 21.8 Å². The fourth-order valence-electron chi connectivity index (χ4n) is 2.15. The molecule has 0 saturated heterocycles. The number of benzene rings is 1. The van der Waals surface area contributed by atoms with Gasteiger partial charge in [0.05, 0.1) is 5.56 Å². The molecule has 2 heterocycles. The van der Waals surface area contributed by atoms with Crippen molar-refractivity contribution in [3.8, 4) is 11.4 Å². The highest BCUT2D eigenvalue weighted by molar-refractivity contribution is 5.93. The van der Waals surface area contributed by atoms with E-state index < -0.39 is 12.6 Å². The summed E-state index contributed by atoms with van der Waals surface area (Å²) in [5.41, 5.74) is 7.14. The number of fused-ring (bicyclic) bond motifs is 1. The molecule has 0 saturated carbocycles. The number of hydrogen-bond acceptors (Lipinski definition) is 5. The van der Waals surface area contributed by atoms with Crippen LogP contribution < -0.4 is 16.4 Å². The number of carbonyl (C=O) groups is 1. The highest BCUT2D eigenvalue weighted by Gasteiger charge is 2.13. The number of anilines is 3. The molecule has 2 aliphatic heterocycles. The number of amides is 1. The molecule has 2 aliphatic rings. The Morgan fingerprint density at radius 1 is 1.26 bits per heavy atom. The SMILES string of the molecule is NC(=O)c1ccc(Nc2nc(NCCF)c3ccnc-3[nH]2)cc1. The van der Waals surface area contributed by atoms with Crippen molar-refractivity contribution in [3.05, 3.63) is 42.1 Å². The summed E-state index contributed by atoms with van der Waals surface area (Å²) in [5.74, 6) is 1.15. The van der Waals surface area contributed by atoms with Crippen LogP contribution in [0.15, 0.2) is 36.5 Å². The minimum atomic E-state index is -0.493. The number of nitrogens with zero attached hydrogens (tertiary/aromatic N) is 2. The van der Waals surface area contributed by atoms with E-state index in [0.717, 1.165) is 11.3 Å². The zero-order valence-electron chi connectivity index (χ0n) is 12.1. The molecule has 0 radical (unpaired) electrons. The van der Waals surface area contributed by atoms with E-state index in [-0.39, 0.29) is 6.54 Å². The quantitative estimate of drug-likeness (QED) is 0.557. The average molecular weight is 314 g/mol. The fourth-order valence-corrected chi connectivity index (χ4v) is 2.15. The van der Waals surface area contributed by atoms with Crippen LogP contribution in [0.25, 0.3) is 11.4 Å². The topological polar surface area (TPSA) is 109 Å². The number of H-pyrrole nitrogens is 1. The monoisotopic (exact) mass is 314 g/mol. The van der Waals surface area contributed by atoms with Gasteiger partial charge >= 0.3 is 0 Å². The van der Waals surface area contributed by atoms with Gasteiger partial charge in [0.1, 0.15) is 18.3 Å². The van der Waals surface area contributed by atoms with Gasteiger partial charge in [-0.25, -0.2) is 9.37 Å². The molecule has 3 rings (SSSR count). The lowest BCUT2D eigenvalue weighted by molar-refractivity contribution is 0.100. The van der Waals surface area contributed by atoms with Crippen LogP contribution in [-0.4, -0.2) is 34.1 Å². The maximum atomic E-state index is 12.4. The number of nitrogens with one attached hydrogen (secondary N) is 3. The summed E-state index contributed by atoms with van der Waals surface area (Å²) < 4.78 is 12.4. The normalized spacial score (nSPS) is 10.7. The van der Waals surface area contributed by atoms with Crippen LogP contribution in [0.1, 0.15) is 10.4 Å². The number of rotatable bonds is 6. The molecule has 0 aromatic heterocycles. The first kappa shape index (κ1) is 14.8. The van der Waals surface area contributed by atoms with Crippen molar-refractivity contribution in [2.45, 2.75) is 0 Å². The smallest absolute Gasteiger partial charge is 0.248 e. The van der Waals surface area contributed by atoms with Crippen LogP contribution in [0, 0.1) is 0 Å². The molecule has 1 amide bonds. The summed E-state index contributed by atoms with van der Waals surface area (Å²) in [4.78, 5) is 22.7. The van der Waals surface area contributed by atoms with Gasteiger partial charge in [-0.05, 0) is 30.3 Å². The number of nitrogens with two attached hydrogens (primary N) is 1. The highest BCUT2D eigenvalue weighted by Crippen LogP contribution is 2.28. The summed E-state index contributed by atoms with van der Waals surface area (Å²) in [6.45, 7) is -0.322. The van der Waals surface area contributed by atoms with Crippen molar-refractivity contribution in [2.24, 2.45) is 5.73 Å². The molecular formula is C15H15FN6O. The predicted octanol–water partition coefficient (Wildman–Crippen LogP) is 2.13. The van der Waals surface area contributed by atoms with E-state index in [1.165, 1.54) is 0 Å². The predicted molar refractivity (Wildman–Crippen MR) is 85.7 cm³/mol. The van der Waals surface area contributed by atoms with Crippen LogP contribution in [0.5, 0.6) is 0 Å². The average Bonchev–Trinajstić information content (AvgIpc) is 3.01. The minimum absolute atomic E-state index is 0.171. The summed E-state index contributed by atoms with van der Waals surface area (Å²) in [6.07, 6.45) is 1.65. The lowest BCUT2D eigenvalue weighted by Gasteiger charge is -2.12. The minimum Gasteiger partial charge on any atom is -0.367 e. The van der Waals surface area contributed by atoms with E-state index in [9.17, 15) is 9.18 Å².